The summed E-state index contributed by atoms with van der Waals surface area (Å²) in [6.45, 7) is -0.196. The maximum absolute atomic E-state index is 12.9. The molecular weight excluding hydrogens is 458 g/mol. The van der Waals surface area contributed by atoms with Gasteiger partial charge in [0.25, 0.3) is 0 Å². The fraction of sp³-hybridized carbons (Fsp3) is 0.364. The van der Waals surface area contributed by atoms with Gasteiger partial charge in [-0.15, -0.1) is 0 Å². The van der Waals surface area contributed by atoms with E-state index in [-0.39, 0.29) is 17.0 Å². The van der Waals surface area contributed by atoms with Gasteiger partial charge in [-0.2, -0.15) is 4.31 Å². The maximum atomic E-state index is 12.9. The molecule has 0 saturated carbocycles. The molecule has 172 valence electrons. The van der Waals surface area contributed by atoms with E-state index in [0.717, 1.165) is 0 Å². The molecule has 0 bridgehead atoms. The van der Waals surface area contributed by atoms with Crippen molar-refractivity contribution in [3.05, 3.63) is 53.1 Å². The number of esters is 1. The normalized spacial score (nSPS) is 16.9. The number of ether oxygens (including phenoxy) is 3. The number of Topliss-reactive ketones (excluding diaryl/α,β-unsaturated/α-hetero) is 1. The fourth-order valence-electron chi connectivity index (χ4n) is 3.47. The molecule has 1 aliphatic heterocycles. The largest absolute Gasteiger partial charge is 0.497 e. The van der Waals surface area contributed by atoms with Gasteiger partial charge >= 0.3 is 5.97 Å². The average Bonchev–Trinajstić information content (AvgIpc) is 2.82. The van der Waals surface area contributed by atoms with Crippen LogP contribution in [0, 0.1) is 5.92 Å². The van der Waals surface area contributed by atoms with Crippen molar-refractivity contribution in [1.29, 1.82) is 0 Å². The number of ketones is 1. The Morgan fingerprint density at radius 2 is 1.81 bits per heavy atom. The Balaban J connectivity index is 1.64. The van der Waals surface area contributed by atoms with E-state index in [9.17, 15) is 18.0 Å². The Bertz CT molecular complexity index is 1090. The van der Waals surface area contributed by atoms with Crippen LogP contribution >= 0.6 is 11.6 Å². The van der Waals surface area contributed by atoms with E-state index in [4.69, 9.17) is 25.8 Å². The summed E-state index contributed by atoms with van der Waals surface area (Å²) in [6, 6.07) is 10.6. The van der Waals surface area contributed by atoms with Gasteiger partial charge in [0.2, 0.25) is 15.8 Å². The Morgan fingerprint density at radius 3 is 2.47 bits per heavy atom. The Morgan fingerprint density at radius 1 is 1.09 bits per heavy atom. The molecule has 0 spiro atoms. The number of piperidine rings is 1. The first-order valence-electron chi connectivity index (χ1n) is 9.94. The second-order valence-corrected chi connectivity index (χ2v) is 9.63. The van der Waals surface area contributed by atoms with Crippen LogP contribution in [0.1, 0.15) is 23.2 Å². The predicted octanol–water partition coefficient (Wildman–Crippen LogP) is 3.18. The number of carbonyl (C=O) groups excluding carboxylic acids is 2. The Hall–Kier alpha value is -2.62. The first kappa shape index (κ1) is 24.0. The van der Waals surface area contributed by atoms with Gasteiger partial charge < -0.3 is 14.2 Å². The quantitative estimate of drug-likeness (QED) is 0.421. The number of methoxy groups -OCH3 is 2. The van der Waals surface area contributed by atoms with Crippen molar-refractivity contribution < 1.29 is 32.2 Å². The second kappa shape index (κ2) is 10.3. The number of carbonyl (C=O) groups is 2. The van der Waals surface area contributed by atoms with Crippen LogP contribution in [0.3, 0.4) is 0 Å². The number of halogens is 1. The molecule has 0 N–H and O–H groups in total. The lowest BCUT2D eigenvalue weighted by Crippen LogP contribution is -2.43. The van der Waals surface area contributed by atoms with Crippen LogP contribution in [-0.2, 0) is 19.6 Å². The van der Waals surface area contributed by atoms with E-state index in [1.807, 2.05) is 0 Å². The minimum atomic E-state index is -3.77. The molecule has 1 aliphatic rings. The molecule has 2 aromatic carbocycles. The van der Waals surface area contributed by atoms with Gasteiger partial charge in [-0.1, -0.05) is 11.6 Å². The lowest BCUT2D eigenvalue weighted by Gasteiger charge is -2.30. The first-order chi connectivity index (χ1) is 15.3. The molecule has 1 fully saturated rings. The third-order valence-electron chi connectivity index (χ3n) is 5.22. The van der Waals surface area contributed by atoms with Crippen LogP contribution in [0.2, 0.25) is 5.02 Å². The molecule has 3 rings (SSSR count). The predicted molar refractivity (Wildman–Crippen MR) is 118 cm³/mol. The highest BCUT2D eigenvalue weighted by molar-refractivity contribution is 7.89. The number of nitrogens with zero attached hydrogens (tertiary/aromatic N) is 1. The maximum Gasteiger partial charge on any atom is 0.310 e. The standard InChI is InChI=1S/C22H24ClNO7S/c1-29-17-7-10-21(30-2)19(12-17)20(25)14-31-22(26)15-4-3-11-24(13-15)32(27,28)18-8-5-16(23)6-9-18/h5-10,12,15H,3-4,11,13-14H2,1-2H3. The minimum absolute atomic E-state index is 0.0134. The van der Waals surface area contributed by atoms with Crippen LogP contribution in [-0.4, -0.2) is 58.4 Å². The van der Waals surface area contributed by atoms with Crippen LogP contribution in [0.25, 0.3) is 0 Å². The van der Waals surface area contributed by atoms with E-state index in [1.165, 1.54) is 48.9 Å². The van der Waals surface area contributed by atoms with Crippen LogP contribution in [0.5, 0.6) is 11.5 Å². The van der Waals surface area contributed by atoms with Crippen LogP contribution < -0.4 is 9.47 Å². The third-order valence-corrected chi connectivity index (χ3v) is 7.35. The average molecular weight is 482 g/mol. The van der Waals surface area contributed by atoms with Crippen molar-refractivity contribution in [3.8, 4) is 11.5 Å². The smallest absolute Gasteiger partial charge is 0.310 e. The number of hydrogen-bond donors (Lipinski definition) is 0. The van der Waals surface area contributed by atoms with Gasteiger partial charge in [-0.3, -0.25) is 9.59 Å². The zero-order valence-corrected chi connectivity index (χ0v) is 19.3. The van der Waals surface area contributed by atoms with Crippen molar-refractivity contribution in [1.82, 2.24) is 4.31 Å². The van der Waals surface area contributed by atoms with Gasteiger partial charge in [-0.05, 0) is 55.3 Å². The monoisotopic (exact) mass is 481 g/mol. The first-order valence-corrected chi connectivity index (χ1v) is 11.8. The topological polar surface area (TPSA) is 99.2 Å². The second-order valence-electron chi connectivity index (χ2n) is 7.25. The van der Waals surface area contributed by atoms with E-state index in [2.05, 4.69) is 0 Å². The van der Waals surface area contributed by atoms with Gasteiger partial charge in [0.15, 0.2) is 6.61 Å². The van der Waals surface area contributed by atoms with Gasteiger partial charge in [0.1, 0.15) is 11.5 Å². The summed E-state index contributed by atoms with van der Waals surface area (Å²) in [5.74, 6) is -0.918. The van der Waals surface area contributed by atoms with Crippen molar-refractivity contribution >= 4 is 33.4 Å². The molecule has 0 aliphatic carbocycles. The van der Waals surface area contributed by atoms with Gasteiger partial charge in [-0.25, -0.2) is 8.42 Å². The molecule has 32 heavy (non-hydrogen) atoms. The highest BCUT2D eigenvalue weighted by Crippen LogP contribution is 2.27. The molecule has 0 aromatic heterocycles. The van der Waals surface area contributed by atoms with Crippen LogP contribution in [0.15, 0.2) is 47.4 Å². The summed E-state index contributed by atoms with van der Waals surface area (Å²) in [7, 11) is -0.859. The number of rotatable bonds is 8. The zero-order valence-electron chi connectivity index (χ0n) is 17.7. The molecule has 8 nitrogen and oxygen atoms in total. The Kier molecular flexibility index (Phi) is 7.76. The molecule has 1 atom stereocenters. The number of hydrogen-bond acceptors (Lipinski definition) is 7. The summed E-state index contributed by atoms with van der Waals surface area (Å²) >= 11 is 5.84. The molecule has 2 aromatic rings. The van der Waals surface area contributed by atoms with Crippen LogP contribution in [0.4, 0.5) is 0 Å². The third kappa shape index (κ3) is 5.40. The summed E-state index contributed by atoms with van der Waals surface area (Å²) in [6.07, 6.45) is 0.979. The molecule has 0 radical (unpaired) electrons. The van der Waals surface area contributed by atoms with E-state index in [1.54, 1.807) is 12.1 Å². The molecule has 10 heteroatoms. The zero-order chi connectivity index (χ0) is 23.3. The number of sulfonamides is 1. The van der Waals surface area contributed by atoms with Gasteiger partial charge in [0, 0.05) is 18.1 Å². The minimum Gasteiger partial charge on any atom is -0.497 e. The fourth-order valence-corrected chi connectivity index (χ4v) is 5.12. The molecule has 0 amide bonds. The highest BCUT2D eigenvalue weighted by Gasteiger charge is 2.34. The van der Waals surface area contributed by atoms with Crippen molar-refractivity contribution in [2.75, 3.05) is 33.9 Å². The lowest BCUT2D eigenvalue weighted by atomic mass is 10.00. The molecular formula is C22H24ClNO7S. The Labute approximate surface area is 192 Å². The summed E-state index contributed by atoms with van der Waals surface area (Å²) in [5, 5.41) is 0.432. The summed E-state index contributed by atoms with van der Waals surface area (Å²) in [5.41, 5.74) is 0.232. The van der Waals surface area contributed by atoms with Gasteiger partial charge in [0.05, 0.1) is 30.6 Å². The van der Waals surface area contributed by atoms with Crippen molar-refractivity contribution in [2.24, 2.45) is 5.92 Å². The van der Waals surface area contributed by atoms with Crippen molar-refractivity contribution in [2.45, 2.75) is 17.7 Å². The highest BCUT2D eigenvalue weighted by atomic mass is 35.5. The SMILES string of the molecule is COc1ccc(OC)c(C(=O)COC(=O)C2CCCN(S(=O)(=O)c3ccc(Cl)cc3)C2)c1. The van der Waals surface area contributed by atoms with Crippen molar-refractivity contribution in [3.63, 3.8) is 0 Å². The molecule has 1 heterocycles. The molecule has 1 saturated heterocycles. The van der Waals surface area contributed by atoms with E-state index < -0.39 is 34.3 Å². The number of benzene rings is 2. The summed E-state index contributed by atoms with van der Waals surface area (Å²) in [4.78, 5) is 25.3. The molecule has 1 unspecified atom stereocenters. The lowest BCUT2D eigenvalue weighted by molar-refractivity contribution is -0.148. The van der Waals surface area contributed by atoms with E-state index >= 15 is 0 Å². The summed E-state index contributed by atoms with van der Waals surface area (Å²) < 4.78 is 42.6. The van der Waals surface area contributed by atoms with E-state index in [0.29, 0.717) is 35.9 Å².